The van der Waals surface area contributed by atoms with Gasteiger partial charge in [-0.1, -0.05) is 48.5 Å². The Morgan fingerprint density at radius 2 is 0.972 bits per heavy atom. The molecule has 36 heavy (non-hydrogen) atoms. The number of nitrogens with zero attached hydrogens (tertiary/aromatic N) is 4. The van der Waals surface area contributed by atoms with Gasteiger partial charge in [0.1, 0.15) is 47.1 Å². The molecular formula is C30H24N4O2. The van der Waals surface area contributed by atoms with Crippen LogP contribution in [0.3, 0.4) is 0 Å². The minimum Gasteiger partial charge on any atom is -0.485 e. The Hall–Kier alpha value is -4.58. The predicted molar refractivity (Wildman–Crippen MR) is 141 cm³/mol. The fraction of sp³-hybridized carbons (Fsp3) is 0.133. The number of pyridine rings is 2. The summed E-state index contributed by atoms with van der Waals surface area (Å²) in [6, 6.07) is 27.8. The Bertz CT molecular complexity index is 1600. The van der Waals surface area contributed by atoms with Crippen LogP contribution in [0.4, 0.5) is 0 Å². The lowest BCUT2D eigenvalue weighted by Gasteiger charge is -2.14. The molecule has 6 heteroatoms. The number of benzene rings is 3. The quantitative estimate of drug-likeness (QED) is 0.276. The van der Waals surface area contributed by atoms with Crippen molar-refractivity contribution in [2.75, 3.05) is 0 Å². The summed E-state index contributed by atoms with van der Waals surface area (Å²) in [6.07, 6.45) is 0. The molecule has 0 spiro atoms. The maximum Gasteiger partial charge on any atom is 0.146 e. The molecule has 6 nitrogen and oxygen atoms in total. The van der Waals surface area contributed by atoms with E-state index in [1.807, 2.05) is 86.6 Å². The summed E-state index contributed by atoms with van der Waals surface area (Å²) in [7, 11) is 0. The van der Waals surface area contributed by atoms with E-state index in [1.54, 1.807) is 0 Å². The van der Waals surface area contributed by atoms with Crippen LogP contribution in [-0.4, -0.2) is 19.9 Å². The van der Waals surface area contributed by atoms with Crippen LogP contribution < -0.4 is 9.47 Å². The summed E-state index contributed by atoms with van der Waals surface area (Å²) >= 11 is 0. The zero-order valence-electron chi connectivity index (χ0n) is 20.1. The van der Waals surface area contributed by atoms with Crippen LogP contribution >= 0.6 is 0 Å². The topological polar surface area (TPSA) is 70.0 Å². The van der Waals surface area contributed by atoms with Crippen molar-refractivity contribution in [2.45, 2.75) is 27.1 Å². The fourth-order valence-electron chi connectivity index (χ4n) is 4.26. The Labute approximate surface area is 208 Å². The summed E-state index contributed by atoms with van der Waals surface area (Å²) in [5.41, 5.74) is 6.63. The molecule has 0 aliphatic carbocycles. The van der Waals surface area contributed by atoms with Gasteiger partial charge in [-0.3, -0.25) is 0 Å². The van der Waals surface area contributed by atoms with Crippen molar-refractivity contribution in [3.63, 3.8) is 0 Å². The van der Waals surface area contributed by atoms with Gasteiger partial charge in [0.2, 0.25) is 0 Å². The molecule has 0 atom stereocenters. The Balaban J connectivity index is 1.34. The van der Waals surface area contributed by atoms with E-state index in [0.717, 1.165) is 55.6 Å². The van der Waals surface area contributed by atoms with Crippen molar-refractivity contribution in [2.24, 2.45) is 0 Å². The van der Waals surface area contributed by atoms with Gasteiger partial charge in [-0.25, -0.2) is 19.9 Å². The van der Waals surface area contributed by atoms with Crippen LogP contribution in [0.25, 0.3) is 32.8 Å². The maximum absolute atomic E-state index is 6.26. The Morgan fingerprint density at radius 1 is 0.500 bits per heavy atom. The highest BCUT2D eigenvalue weighted by molar-refractivity contribution is 5.85. The summed E-state index contributed by atoms with van der Waals surface area (Å²) in [6.45, 7) is 4.45. The van der Waals surface area contributed by atoms with Crippen molar-refractivity contribution < 1.29 is 9.47 Å². The molecule has 3 aromatic carbocycles. The van der Waals surface area contributed by atoms with Gasteiger partial charge in [0.15, 0.2) is 0 Å². The van der Waals surface area contributed by atoms with Gasteiger partial charge in [0.25, 0.3) is 0 Å². The average molecular weight is 473 g/mol. The van der Waals surface area contributed by atoms with Crippen LogP contribution in [0.1, 0.15) is 22.8 Å². The first-order valence-corrected chi connectivity index (χ1v) is 11.9. The van der Waals surface area contributed by atoms with E-state index in [-0.39, 0.29) is 13.2 Å². The standard InChI is InChI=1S/C30H24N4O2/c1-19-13-15-21-7-5-11-27(29(21)31-19)35-17-25-26(34-24-10-4-3-9-23(24)33-25)18-36-28-12-6-8-22-16-14-20(2)32-30(22)28/h3-16H,17-18H2,1-2H3. The molecule has 0 N–H and O–H groups in total. The van der Waals surface area contributed by atoms with Crippen molar-refractivity contribution in [1.29, 1.82) is 0 Å². The van der Waals surface area contributed by atoms with Crippen LogP contribution in [0.15, 0.2) is 84.9 Å². The Morgan fingerprint density at radius 3 is 1.44 bits per heavy atom. The third-order valence-corrected chi connectivity index (χ3v) is 6.10. The van der Waals surface area contributed by atoms with Gasteiger partial charge in [-0.2, -0.15) is 0 Å². The number of aromatic nitrogens is 4. The molecule has 6 rings (SSSR count). The van der Waals surface area contributed by atoms with Crippen molar-refractivity contribution >= 4 is 32.8 Å². The van der Waals surface area contributed by atoms with Crippen molar-refractivity contribution in [1.82, 2.24) is 19.9 Å². The number of ether oxygens (including phenoxy) is 2. The minimum absolute atomic E-state index is 0.248. The number of rotatable bonds is 6. The molecule has 176 valence electrons. The number of hydrogen-bond donors (Lipinski definition) is 0. The van der Waals surface area contributed by atoms with E-state index in [0.29, 0.717) is 11.5 Å². The van der Waals surface area contributed by atoms with Gasteiger partial charge < -0.3 is 9.47 Å². The third-order valence-electron chi connectivity index (χ3n) is 6.10. The summed E-state index contributed by atoms with van der Waals surface area (Å²) < 4.78 is 12.5. The lowest BCUT2D eigenvalue weighted by molar-refractivity contribution is 0.281. The monoisotopic (exact) mass is 472 g/mol. The molecule has 0 unspecified atom stereocenters. The van der Waals surface area contributed by atoms with Crippen molar-refractivity contribution in [3.05, 3.63) is 108 Å². The van der Waals surface area contributed by atoms with Gasteiger partial charge >= 0.3 is 0 Å². The SMILES string of the molecule is Cc1ccc2cccc(OCc3nc4ccccc4nc3COc3cccc4ccc(C)nc34)c2n1. The van der Waals surface area contributed by atoms with Crippen LogP contribution in [0, 0.1) is 13.8 Å². The molecule has 0 amide bonds. The minimum atomic E-state index is 0.248. The van der Waals surface area contributed by atoms with Crippen LogP contribution in [0.5, 0.6) is 11.5 Å². The first-order valence-electron chi connectivity index (χ1n) is 11.9. The number of fused-ring (bicyclic) bond motifs is 3. The number of hydrogen-bond acceptors (Lipinski definition) is 6. The summed E-state index contributed by atoms with van der Waals surface area (Å²) in [5, 5.41) is 2.06. The van der Waals surface area contributed by atoms with Gasteiger partial charge in [0, 0.05) is 22.2 Å². The zero-order chi connectivity index (χ0) is 24.5. The highest BCUT2D eigenvalue weighted by Gasteiger charge is 2.14. The number of para-hydroxylation sites is 4. The lowest BCUT2D eigenvalue weighted by atomic mass is 10.2. The molecule has 0 aliphatic rings. The molecule has 3 aromatic heterocycles. The largest absolute Gasteiger partial charge is 0.485 e. The molecule has 6 aromatic rings. The van der Waals surface area contributed by atoms with Gasteiger partial charge in [-0.15, -0.1) is 0 Å². The van der Waals surface area contributed by atoms with Crippen LogP contribution in [-0.2, 0) is 13.2 Å². The second kappa shape index (κ2) is 9.23. The smallest absolute Gasteiger partial charge is 0.146 e. The molecule has 0 saturated carbocycles. The van der Waals surface area contributed by atoms with E-state index in [2.05, 4.69) is 22.1 Å². The predicted octanol–water partition coefficient (Wildman–Crippen LogP) is 6.50. The van der Waals surface area contributed by atoms with Crippen molar-refractivity contribution in [3.8, 4) is 11.5 Å². The third kappa shape index (κ3) is 4.29. The average Bonchev–Trinajstić information content (AvgIpc) is 2.90. The molecular weight excluding hydrogens is 448 g/mol. The van der Waals surface area contributed by atoms with Gasteiger partial charge in [0.05, 0.1) is 11.0 Å². The maximum atomic E-state index is 6.26. The molecule has 0 saturated heterocycles. The number of aryl methyl sites for hydroxylation is 2. The first-order chi connectivity index (χ1) is 17.6. The molecule has 0 aliphatic heterocycles. The van der Waals surface area contributed by atoms with E-state index < -0.39 is 0 Å². The van der Waals surface area contributed by atoms with E-state index in [1.165, 1.54) is 0 Å². The Kier molecular flexibility index (Phi) is 5.62. The lowest BCUT2D eigenvalue weighted by Crippen LogP contribution is -2.09. The first kappa shape index (κ1) is 21.9. The van der Waals surface area contributed by atoms with Crippen LogP contribution in [0.2, 0.25) is 0 Å². The normalized spacial score (nSPS) is 11.3. The molecule has 0 radical (unpaired) electrons. The van der Waals surface area contributed by atoms with E-state index in [4.69, 9.17) is 19.4 Å². The highest BCUT2D eigenvalue weighted by Crippen LogP contribution is 2.27. The zero-order valence-corrected chi connectivity index (χ0v) is 20.1. The van der Waals surface area contributed by atoms with Gasteiger partial charge in [-0.05, 0) is 50.2 Å². The second-order valence-corrected chi connectivity index (χ2v) is 8.74. The molecule has 3 heterocycles. The van der Waals surface area contributed by atoms with E-state index >= 15 is 0 Å². The highest BCUT2D eigenvalue weighted by atomic mass is 16.5. The molecule has 0 fully saturated rings. The summed E-state index contributed by atoms with van der Waals surface area (Å²) in [4.78, 5) is 19.1. The summed E-state index contributed by atoms with van der Waals surface area (Å²) in [5.74, 6) is 1.43. The molecule has 0 bridgehead atoms. The fourth-order valence-corrected chi connectivity index (χ4v) is 4.26. The second-order valence-electron chi connectivity index (χ2n) is 8.74. The van der Waals surface area contributed by atoms with E-state index in [9.17, 15) is 0 Å².